The monoisotopic (exact) mass is 521 g/mol. The Bertz CT molecular complexity index is 1340. The van der Waals surface area contributed by atoms with E-state index in [1.165, 1.54) is 11.8 Å². The topological polar surface area (TPSA) is 90.6 Å². The van der Waals surface area contributed by atoms with Crippen molar-refractivity contribution in [3.8, 4) is 28.6 Å². The Hall–Kier alpha value is -3.82. The van der Waals surface area contributed by atoms with Crippen molar-refractivity contribution < 1.29 is 14.3 Å². The zero-order chi connectivity index (χ0) is 25.3. The third kappa shape index (κ3) is 6.24. The second kappa shape index (κ2) is 12.2. The van der Waals surface area contributed by atoms with Crippen LogP contribution in [0, 0.1) is 0 Å². The van der Waals surface area contributed by atoms with Gasteiger partial charge in [0.1, 0.15) is 0 Å². The van der Waals surface area contributed by atoms with Crippen LogP contribution in [0.15, 0.2) is 83.1 Å². The Labute approximate surface area is 218 Å². The van der Waals surface area contributed by atoms with Crippen molar-refractivity contribution >= 4 is 35.5 Å². The molecule has 0 aliphatic rings. The van der Waals surface area contributed by atoms with Crippen LogP contribution in [0.25, 0.3) is 17.1 Å². The average Bonchev–Trinajstić information content (AvgIpc) is 3.33. The summed E-state index contributed by atoms with van der Waals surface area (Å²) >= 11 is 7.34. The number of carbonyl (C=O) groups is 1. The summed E-state index contributed by atoms with van der Waals surface area (Å²) in [6.45, 7) is 2.44. The minimum absolute atomic E-state index is 0.102. The molecule has 0 aliphatic carbocycles. The van der Waals surface area contributed by atoms with E-state index in [-0.39, 0.29) is 11.7 Å². The Morgan fingerprint density at radius 2 is 1.86 bits per heavy atom. The number of nitrogens with zero attached hydrogens (tertiary/aromatic N) is 4. The van der Waals surface area contributed by atoms with Crippen LogP contribution in [-0.4, -0.2) is 46.4 Å². The van der Waals surface area contributed by atoms with Gasteiger partial charge in [0.15, 0.2) is 22.5 Å². The fourth-order valence-corrected chi connectivity index (χ4v) is 4.21. The second-order valence-electron chi connectivity index (χ2n) is 7.41. The predicted octanol–water partition coefficient (Wildman–Crippen LogP) is 5.24. The van der Waals surface area contributed by atoms with Gasteiger partial charge in [-0.05, 0) is 55.0 Å². The highest BCUT2D eigenvalue weighted by molar-refractivity contribution is 7.99. The summed E-state index contributed by atoms with van der Waals surface area (Å²) in [7, 11) is 1.57. The fourth-order valence-electron chi connectivity index (χ4n) is 3.34. The Morgan fingerprint density at radius 1 is 1.08 bits per heavy atom. The summed E-state index contributed by atoms with van der Waals surface area (Å²) in [5, 5.41) is 14.0. The molecule has 1 aromatic heterocycles. The number of rotatable bonds is 10. The van der Waals surface area contributed by atoms with E-state index >= 15 is 0 Å². The van der Waals surface area contributed by atoms with Crippen LogP contribution in [0.1, 0.15) is 12.5 Å². The van der Waals surface area contributed by atoms with Crippen molar-refractivity contribution in [2.24, 2.45) is 5.10 Å². The number of hydrogen-bond acceptors (Lipinski definition) is 7. The standard InChI is InChI=1S/C26H24ClN5O3S/c1-3-35-22-14-9-18(15-23(22)34-2)16-28-29-24(33)17-36-26-31-30-25(19-7-5-4-6-8-19)32(26)21-12-10-20(27)11-13-21/h4-16H,3,17H2,1-2H3,(H,29,33)/b28-16+. The van der Waals surface area contributed by atoms with Crippen molar-refractivity contribution in [1.82, 2.24) is 20.2 Å². The molecule has 10 heteroatoms. The summed E-state index contributed by atoms with van der Waals surface area (Å²) in [5.74, 6) is 1.74. The fraction of sp³-hybridized carbons (Fsp3) is 0.154. The molecule has 4 rings (SSSR count). The van der Waals surface area contributed by atoms with Gasteiger partial charge >= 0.3 is 0 Å². The average molecular weight is 522 g/mol. The van der Waals surface area contributed by atoms with E-state index in [2.05, 4.69) is 20.7 Å². The third-order valence-electron chi connectivity index (χ3n) is 4.97. The molecule has 1 N–H and O–H groups in total. The van der Waals surface area contributed by atoms with Crippen LogP contribution >= 0.6 is 23.4 Å². The van der Waals surface area contributed by atoms with Gasteiger partial charge in [-0.15, -0.1) is 10.2 Å². The highest BCUT2D eigenvalue weighted by Crippen LogP contribution is 2.29. The summed E-state index contributed by atoms with van der Waals surface area (Å²) in [4.78, 5) is 12.5. The van der Waals surface area contributed by atoms with E-state index in [9.17, 15) is 4.79 Å². The lowest BCUT2D eigenvalue weighted by atomic mass is 10.2. The summed E-state index contributed by atoms with van der Waals surface area (Å²) in [5.41, 5.74) is 5.06. The van der Waals surface area contributed by atoms with E-state index in [1.807, 2.05) is 60.0 Å². The maximum atomic E-state index is 12.5. The minimum Gasteiger partial charge on any atom is -0.493 e. The summed E-state index contributed by atoms with van der Waals surface area (Å²) in [6.07, 6.45) is 1.55. The van der Waals surface area contributed by atoms with Gasteiger partial charge < -0.3 is 9.47 Å². The van der Waals surface area contributed by atoms with Gasteiger partial charge in [-0.3, -0.25) is 9.36 Å². The zero-order valence-corrected chi connectivity index (χ0v) is 21.3. The molecule has 184 valence electrons. The maximum Gasteiger partial charge on any atom is 0.250 e. The molecular formula is C26H24ClN5O3S. The van der Waals surface area contributed by atoms with Gasteiger partial charge in [0.25, 0.3) is 5.91 Å². The molecule has 1 heterocycles. The van der Waals surface area contributed by atoms with Crippen molar-refractivity contribution in [3.05, 3.63) is 83.4 Å². The summed E-state index contributed by atoms with van der Waals surface area (Å²) < 4.78 is 12.8. The number of hydrazone groups is 1. The van der Waals surface area contributed by atoms with E-state index < -0.39 is 0 Å². The SMILES string of the molecule is CCOc1ccc(/C=N/NC(=O)CSc2nnc(-c3ccccc3)n2-c2ccc(Cl)cc2)cc1OC. The molecule has 0 unspecified atom stereocenters. The summed E-state index contributed by atoms with van der Waals surface area (Å²) in [6, 6.07) is 22.5. The lowest BCUT2D eigenvalue weighted by Gasteiger charge is -2.10. The highest BCUT2D eigenvalue weighted by atomic mass is 35.5. The molecule has 0 bridgehead atoms. The number of nitrogens with one attached hydrogen (secondary N) is 1. The third-order valence-corrected chi connectivity index (χ3v) is 6.15. The first-order valence-electron chi connectivity index (χ1n) is 11.1. The molecular weight excluding hydrogens is 498 g/mol. The van der Waals surface area contributed by atoms with Crippen molar-refractivity contribution in [1.29, 1.82) is 0 Å². The van der Waals surface area contributed by atoms with Gasteiger partial charge in [-0.1, -0.05) is 53.7 Å². The van der Waals surface area contributed by atoms with Crippen LogP contribution in [0.5, 0.6) is 11.5 Å². The number of thioether (sulfide) groups is 1. The van der Waals surface area contributed by atoms with Crippen LogP contribution in [0.2, 0.25) is 5.02 Å². The molecule has 0 radical (unpaired) electrons. The number of hydrogen-bond donors (Lipinski definition) is 1. The minimum atomic E-state index is -0.277. The van der Waals surface area contributed by atoms with Gasteiger partial charge in [-0.25, -0.2) is 5.43 Å². The quantitative estimate of drug-likeness (QED) is 0.174. The Kier molecular flexibility index (Phi) is 8.59. The van der Waals surface area contributed by atoms with Gasteiger partial charge in [0.2, 0.25) is 0 Å². The molecule has 0 atom stereocenters. The molecule has 0 fully saturated rings. The highest BCUT2D eigenvalue weighted by Gasteiger charge is 2.17. The Balaban J connectivity index is 1.45. The predicted molar refractivity (Wildman–Crippen MR) is 142 cm³/mol. The number of amides is 1. The molecule has 0 saturated carbocycles. The number of ether oxygens (including phenoxy) is 2. The number of aromatic nitrogens is 3. The number of benzene rings is 3. The molecule has 0 aliphatic heterocycles. The van der Waals surface area contributed by atoms with E-state index in [0.717, 1.165) is 16.8 Å². The van der Waals surface area contributed by atoms with Crippen LogP contribution < -0.4 is 14.9 Å². The molecule has 36 heavy (non-hydrogen) atoms. The van der Waals surface area contributed by atoms with Crippen molar-refractivity contribution in [2.45, 2.75) is 12.1 Å². The number of methoxy groups -OCH3 is 1. The molecule has 4 aromatic rings. The van der Waals surface area contributed by atoms with E-state index in [0.29, 0.717) is 34.1 Å². The van der Waals surface area contributed by atoms with E-state index in [1.54, 1.807) is 37.6 Å². The largest absolute Gasteiger partial charge is 0.493 e. The smallest absolute Gasteiger partial charge is 0.250 e. The molecule has 0 saturated heterocycles. The second-order valence-corrected chi connectivity index (χ2v) is 8.79. The van der Waals surface area contributed by atoms with Gasteiger partial charge in [0.05, 0.1) is 25.7 Å². The Morgan fingerprint density at radius 3 is 2.58 bits per heavy atom. The van der Waals surface area contributed by atoms with E-state index in [4.69, 9.17) is 21.1 Å². The lowest BCUT2D eigenvalue weighted by molar-refractivity contribution is -0.118. The first-order chi connectivity index (χ1) is 17.6. The molecule has 3 aromatic carbocycles. The molecule has 8 nitrogen and oxygen atoms in total. The van der Waals surface area contributed by atoms with Gasteiger partial charge in [-0.2, -0.15) is 5.10 Å². The zero-order valence-electron chi connectivity index (χ0n) is 19.7. The molecule has 1 amide bonds. The number of carbonyl (C=O) groups excluding carboxylic acids is 1. The maximum absolute atomic E-state index is 12.5. The lowest BCUT2D eigenvalue weighted by Crippen LogP contribution is -2.20. The van der Waals surface area contributed by atoms with Crippen molar-refractivity contribution in [2.75, 3.05) is 19.5 Å². The number of halogens is 1. The van der Waals surface area contributed by atoms with Gasteiger partial charge in [0, 0.05) is 16.3 Å². The van der Waals surface area contributed by atoms with Crippen LogP contribution in [-0.2, 0) is 4.79 Å². The first kappa shape index (κ1) is 25.3. The normalized spacial score (nSPS) is 11.0. The van der Waals surface area contributed by atoms with Crippen LogP contribution in [0.4, 0.5) is 0 Å². The molecule has 0 spiro atoms. The van der Waals surface area contributed by atoms with Crippen LogP contribution in [0.3, 0.4) is 0 Å². The van der Waals surface area contributed by atoms with Crippen molar-refractivity contribution in [3.63, 3.8) is 0 Å². The first-order valence-corrected chi connectivity index (χ1v) is 12.5.